The topological polar surface area (TPSA) is 46.3 Å². The van der Waals surface area contributed by atoms with Gasteiger partial charge in [0.2, 0.25) is 0 Å². The number of nitrogens with two attached hydrogens (primary N) is 1. The maximum Gasteiger partial charge on any atom is 0.254 e. The Morgan fingerprint density at radius 3 is 2.67 bits per heavy atom. The van der Waals surface area contributed by atoms with E-state index in [0.717, 1.165) is 31.4 Å². The number of likely N-dealkylation sites (tertiary alicyclic amines) is 1. The lowest BCUT2D eigenvalue weighted by molar-refractivity contribution is 0.0678. The first-order valence-corrected chi connectivity index (χ1v) is 6.89. The highest BCUT2D eigenvalue weighted by Gasteiger charge is 2.24. The minimum Gasteiger partial charge on any atom is -0.399 e. The molecule has 0 spiro atoms. The summed E-state index contributed by atoms with van der Waals surface area (Å²) in [5, 5.41) is 0. The molecule has 1 aliphatic rings. The van der Waals surface area contributed by atoms with Gasteiger partial charge in [0.1, 0.15) is 0 Å². The molecular formula is C15H22N2O. The normalized spacial score (nSPS) is 20.5. The summed E-state index contributed by atoms with van der Waals surface area (Å²) in [6.45, 7) is 3.06. The van der Waals surface area contributed by atoms with Gasteiger partial charge in [-0.2, -0.15) is 0 Å². The van der Waals surface area contributed by atoms with Crippen molar-refractivity contribution < 1.29 is 4.79 Å². The highest BCUT2D eigenvalue weighted by Crippen LogP contribution is 2.21. The number of hydrogen-bond acceptors (Lipinski definition) is 2. The van der Waals surface area contributed by atoms with Crippen molar-refractivity contribution in [1.82, 2.24) is 4.90 Å². The van der Waals surface area contributed by atoms with Crippen LogP contribution in [-0.2, 0) is 0 Å². The van der Waals surface area contributed by atoms with Crippen molar-refractivity contribution in [2.45, 2.75) is 45.1 Å². The summed E-state index contributed by atoms with van der Waals surface area (Å²) in [7, 11) is 0. The van der Waals surface area contributed by atoms with Crippen LogP contribution in [0.25, 0.3) is 0 Å². The van der Waals surface area contributed by atoms with Gasteiger partial charge in [0.25, 0.3) is 5.91 Å². The SMILES string of the molecule is CCC1CCCCCN1C(=O)c1ccc(N)cc1. The number of benzene rings is 1. The third kappa shape index (κ3) is 2.84. The van der Waals surface area contributed by atoms with Gasteiger partial charge in [-0.25, -0.2) is 0 Å². The van der Waals surface area contributed by atoms with Gasteiger partial charge >= 0.3 is 0 Å². The van der Waals surface area contributed by atoms with Crippen LogP contribution in [0.4, 0.5) is 5.69 Å². The van der Waals surface area contributed by atoms with Crippen molar-refractivity contribution >= 4 is 11.6 Å². The Hall–Kier alpha value is -1.51. The van der Waals surface area contributed by atoms with E-state index in [9.17, 15) is 4.79 Å². The molecular weight excluding hydrogens is 224 g/mol. The van der Waals surface area contributed by atoms with Gasteiger partial charge in [0.15, 0.2) is 0 Å². The Labute approximate surface area is 109 Å². The maximum absolute atomic E-state index is 12.5. The lowest BCUT2D eigenvalue weighted by atomic mass is 10.1. The molecule has 2 N–H and O–H groups in total. The fourth-order valence-electron chi connectivity index (χ4n) is 2.66. The number of nitrogen functional groups attached to an aromatic ring is 1. The van der Waals surface area contributed by atoms with Crippen LogP contribution in [0.5, 0.6) is 0 Å². The van der Waals surface area contributed by atoms with E-state index in [1.165, 1.54) is 12.8 Å². The largest absolute Gasteiger partial charge is 0.399 e. The van der Waals surface area contributed by atoms with E-state index in [0.29, 0.717) is 11.7 Å². The first kappa shape index (κ1) is 12.9. The predicted octanol–water partition coefficient (Wildman–Crippen LogP) is 3.06. The summed E-state index contributed by atoms with van der Waals surface area (Å²) in [5.41, 5.74) is 7.12. The van der Waals surface area contributed by atoms with Crippen molar-refractivity contribution in [3.63, 3.8) is 0 Å². The number of anilines is 1. The standard InChI is InChI=1S/C15H22N2O/c1-2-14-6-4-3-5-11-17(14)15(18)12-7-9-13(16)10-8-12/h7-10,14H,2-6,11,16H2,1H3. The van der Waals surface area contributed by atoms with E-state index < -0.39 is 0 Å². The van der Waals surface area contributed by atoms with Crippen LogP contribution in [0.15, 0.2) is 24.3 Å². The molecule has 1 aliphatic heterocycles. The van der Waals surface area contributed by atoms with Crippen LogP contribution in [-0.4, -0.2) is 23.4 Å². The Kier molecular flexibility index (Phi) is 4.24. The highest BCUT2D eigenvalue weighted by atomic mass is 16.2. The Morgan fingerprint density at radius 2 is 2.00 bits per heavy atom. The summed E-state index contributed by atoms with van der Waals surface area (Å²) < 4.78 is 0. The van der Waals surface area contributed by atoms with E-state index in [-0.39, 0.29) is 5.91 Å². The van der Waals surface area contributed by atoms with E-state index >= 15 is 0 Å². The number of carbonyl (C=O) groups is 1. The van der Waals surface area contributed by atoms with Gasteiger partial charge in [-0.1, -0.05) is 19.8 Å². The van der Waals surface area contributed by atoms with Crippen LogP contribution in [0.3, 0.4) is 0 Å². The fourth-order valence-corrected chi connectivity index (χ4v) is 2.66. The van der Waals surface area contributed by atoms with E-state index in [1.807, 2.05) is 12.1 Å². The molecule has 0 radical (unpaired) electrons. The minimum absolute atomic E-state index is 0.156. The molecule has 0 bridgehead atoms. The van der Waals surface area contributed by atoms with Gasteiger partial charge in [-0.3, -0.25) is 4.79 Å². The Bertz CT molecular complexity index is 399. The quantitative estimate of drug-likeness (QED) is 0.815. The summed E-state index contributed by atoms with van der Waals surface area (Å²) in [6, 6.07) is 7.65. The minimum atomic E-state index is 0.156. The van der Waals surface area contributed by atoms with Crippen LogP contribution in [0.1, 0.15) is 49.4 Å². The second-order valence-electron chi connectivity index (χ2n) is 5.03. The molecule has 1 unspecified atom stereocenters. The number of rotatable bonds is 2. The number of hydrogen-bond donors (Lipinski definition) is 1. The van der Waals surface area contributed by atoms with Gasteiger partial charge in [-0.05, 0) is 43.5 Å². The molecule has 3 nitrogen and oxygen atoms in total. The zero-order chi connectivity index (χ0) is 13.0. The van der Waals surface area contributed by atoms with Crippen LogP contribution in [0.2, 0.25) is 0 Å². The molecule has 0 aliphatic carbocycles. The first-order chi connectivity index (χ1) is 8.72. The molecule has 1 amide bonds. The molecule has 2 rings (SSSR count). The van der Waals surface area contributed by atoms with E-state index in [1.54, 1.807) is 12.1 Å². The van der Waals surface area contributed by atoms with Crippen molar-refractivity contribution in [2.75, 3.05) is 12.3 Å². The zero-order valence-electron chi connectivity index (χ0n) is 11.1. The fraction of sp³-hybridized carbons (Fsp3) is 0.533. The Morgan fingerprint density at radius 1 is 1.28 bits per heavy atom. The summed E-state index contributed by atoms with van der Waals surface area (Å²) >= 11 is 0. The third-order valence-corrected chi connectivity index (χ3v) is 3.77. The van der Waals surface area contributed by atoms with E-state index in [4.69, 9.17) is 5.73 Å². The predicted molar refractivity (Wildman–Crippen MR) is 74.4 cm³/mol. The molecule has 1 saturated heterocycles. The third-order valence-electron chi connectivity index (χ3n) is 3.77. The van der Waals surface area contributed by atoms with E-state index in [2.05, 4.69) is 11.8 Å². The molecule has 1 aromatic rings. The smallest absolute Gasteiger partial charge is 0.254 e. The van der Waals surface area contributed by atoms with Crippen LogP contribution < -0.4 is 5.73 Å². The lowest BCUT2D eigenvalue weighted by Crippen LogP contribution is -2.39. The molecule has 0 saturated carbocycles. The highest BCUT2D eigenvalue weighted by molar-refractivity contribution is 5.94. The van der Waals surface area contributed by atoms with Crippen molar-refractivity contribution in [3.8, 4) is 0 Å². The summed E-state index contributed by atoms with van der Waals surface area (Å²) in [6.07, 6.45) is 5.78. The molecule has 1 atom stereocenters. The lowest BCUT2D eigenvalue weighted by Gasteiger charge is -2.29. The Balaban J connectivity index is 2.17. The molecule has 0 aromatic heterocycles. The maximum atomic E-state index is 12.5. The molecule has 3 heteroatoms. The molecule has 98 valence electrons. The van der Waals surface area contributed by atoms with Crippen LogP contribution >= 0.6 is 0 Å². The summed E-state index contributed by atoms with van der Waals surface area (Å²) in [4.78, 5) is 14.6. The van der Waals surface area contributed by atoms with Crippen molar-refractivity contribution in [1.29, 1.82) is 0 Å². The second-order valence-corrected chi connectivity index (χ2v) is 5.03. The zero-order valence-corrected chi connectivity index (χ0v) is 11.1. The molecule has 18 heavy (non-hydrogen) atoms. The number of amides is 1. The van der Waals surface area contributed by atoms with Gasteiger partial charge < -0.3 is 10.6 Å². The van der Waals surface area contributed by atoms with Crippen LogP contribution in [0, 0.1) is 0 Å². The van der Waals surface area contributed by atoms with Gasteiger partial charge in [0.05, 0.1) is 0 Å². The van der Waals surface area contributed by atoms with Crippen molar-refractivity contribution in [3.05, 3.63) is 29.8 Å². The first-order valence-electron chi connectivity index (χ1n) is 6.89. The molecule has 1 heterocycles. The summed E-state index contributed by atoms with van der Waals surface area (Å²) in [5.74, 6) is 0.156. The molecule has 1 fully saturated rings. The average molecular weight is 246 g/mol. The monoisotopic (exact) mass is 246 g/mol. The average Bonchev–Trinajstić information content (AvgIpc) is 2.63. The number of carbonyl (C=O) groups excluding carboxylic acids is 1. The van der Waals surface area contributed by atoms with Crippen molar-refractivity contribution in [2.24, 2.45) is 0 Å². The van der Waals surface area contributed by atoms with Gasteiger partial charge in [0, 0.05) is 23.8 Å². The van der Waals surface area contributed by atoms with Gasteiger partial charge in [-0.15, -0.1) is 0 Å². The number of nitrogens with zero attached hydrogens (tertiary/aromatic N) is 1. The second kappa shape index (κ2) is 5.89. The molecule has 1 aromatic carbocycles.